The Morgan fingerprint density at radius 1 is 1.50 bits per heavy atom. The number of ether oxygens (including phenoxy) is 1. The van der Waals surface area contributed by atoms with E-state index in [2.05, 4.69) is 36.7 Å². The average molecular weight is 211 g/mol. The Bertz CT molecular complexity index is 271. The predicted octanol–water partition coefficient (Wildman–Crippen LogP) is 2.43. The molecule has 14 heavy (non-hydrogen) atoms. The first-order valence-corrected chi connectivity index (χ1v) is 6.05. The summed E-state index contributed by atoms with van der Waals surface area (Å²) in [4.78, 5) is 1.34. The molecule has 1 N–H and O–H groups in total. The van der Waals surface area contributed by atoms with E-state index in [-0.39, 0.29) is 6.10 Å². The topological polar surface area (TPSA) is 21.3 Å². The predicted molar refractivity (Wildman–Crippen MR) is 59.6 cm³/mol. The van der Waals surface area contributed by atoms with Gasteiger partial charge < -0.3 is 10.1 Å². The molecule has 0 aliphatic carbocycles. The Morgan fingerprint density at radius 3 is 3.00 bits per heavy atom. The molecule has 0 bridgehead atoms. The highest BCUT2D eigenvalue weighted by Crippen LogP contribution is 2.27. The van der Waals surface area contributed by atoms with Crippen molar-refractivity contribution in [3.05, 3.63) is 22.4 Å². The molecule has 1 aliphatic rings. The molecule has 3 heteroatoms. The molecule has 2 heterocycles. The fourth-order valence-electron chi connectivity index (χ4n) is 1.70. The molecule has 0 radical (unpaired) electrons. The number of nitrogens with one attached hydrogen (secondary N) is 1. The van der Waals surface area contributed by atoms with Gasteiger partial charge >= 0.3 is 0 Å². The molecule has 0 amide bonds. The first kappa shape index (κ1) is 10.1. The lowest BCUT2D eigenvalue weighted by molar-refractivity contribution is -0.0587. The molecular weight excluding hydrogens is 194 g/mol. The summed E-state index contributed by atoms with van der Waals surface area (Å²) in [7, 11) is 0. The van der Waals surface area contributed by atoms with Crippen molar-refractivity contribution in [3.63, 3.8) is 0 Å². The quantitative estimate of drug-likeness (QED) is 0.811. The minimum absolute atomic E-state index is 0.260. The van der Waals surface area contributed by atoms with Crippen molar-refractivity contribution in [1.82, 2.24) is 5.32 Å². The molecule has 1 saturated heterocycles. The maximum atomic E-state index is 6.04. The van der Waals surface area contributed by atoms with Crippen LogP contribution in [0.1, 0.15) is 24.8 Å². The monoisotopic (exact) mass is 211 g/mol. The van der Waals surface area contributed by atoms with Gasteiger partial charge in [0.2, 0.25) is 0 Å². The second kappa shape index (κ2) is 4.43. The lowest BCUT2D eigenvalue weighted by Gasteiger charge is -2.32. The molecule has 0 spiro atoms. The summed E-state index contributed by atoms with van der Waals surface area (Å²) >= 11 is 1.78. The lowest BCUT2D eigenvalue weighted by atomic mass is 10.1. The molecule has 1 aromatic rings. The summed E-state index contributed by atoms with van der Waals surface area (Å²) in [6, 6.07) is 4.24. The van der Waals surface area contributed by atoms with Crippen molar-refractivity contribution in [1.29, 1.82) is 0 Å². The van der Waals surface area contributed by atoms with E-state index in [0.29, 0.717) is 12.0 Å². The molecule has 1 aromatic heterocycles. The molecule has 78 valence electrons. The Kier molecular flexibility index (Phi) is 3.21. The van der Waals surface area contributed by atoms with Crippen molar-refractivity contribution in [2.45, 2.75) is 26.1 Å². The van der Waals surface area contributed by atoms with Crippen molar-refractivity contribution >= 4 is 11.3 Å². The maximum Gasteiger partial charge on any atom is 0.104 e. The van der Waals surface area contributed by atoms with Gasteiger partial charge in [0.25, 0.3) is 0 Å². The third-order valence-corrected chi connectivity index (χ3v) is 3.58. The molecular formula is C11H17NOS. The highest BCUT2D eigenvalue weighted by molar-refractivity contribution is 7.10. The Hall–Kier alpha value is -0.380. The third kappa shape index (κ3) is 2.16. The van der Waals surface area contributed by atoms with E-state index in [0.717, 1.165) is 13.1 Å². The van der Waals surface area contributed by atoms with Crippen molar-refractivity contribution in [2.75, 3.05) is 13.1 Å². The zero-order chi connectivity index (χ0) is 9.97. The van der Waals surface area contributed by atoms with Crippen LogP contribution in [0.2, 0.25) is 0 Å². The number of hydrogen-bond acceptors (Lipinski definition) is 3. The number of rotatable bonds is 2. The summed E-state index contributed by atoms with van der Waals surface area (Å²) in [5.41, 5.74) is 0. The number of morpholine rings is 1. The Labute approximate surface area is 89.3 Å². The molecule has 2 nitrogen and oxygen atoms in total. The van der Waals surface area contributed by atoms with Crippen LogP contribution in [0.15, 0.2) is 17.5 Å². The van der Waals surface area contributed by atoms with Crippen molar-refractivity contribution in [3.8, 4) is 0 Å². The van der Waals surface area contributed by atoms with Gasteiger partial charge in [-0.2, -0.15) is 0 Å². The fourth-order valence-corrected chi connectivity index (χ4v) is 2.46. The zero-order valence-corrected chi connectivity index (χ0v) is 9.51. The highest BCUT2D eigenvalue weighted by Gasteiger charge is 2.25. The maximum absolute atomic E-state index is 6.04. The molecule has 1 aliphatic heterocycles. The van der Waals surface area contributed by atoms with Crippen LogP contribution in [0, 0.1) is 5.92 Å². The van der Waals surface area contributed by atoms with Crippen LogP contribution in [0.25, 0.3) is 0 Å². The van der Waals surface area contributed by atoms with E-state index in [1.165, 1.54) is 4.88 Å². The zero-order valence-electron chi connectivity index (χ0n) is 8.69. The van der Waals surface area contributed by atoms with Gasteiger partial charge in [0.05, 0.1) is 6.10 Å². The van der Waals surface area contributed by atoms with Crippen LogP contribution in [0.3, 0.4) is 0 Å². The van der Waals surface area contributed by atoms with E-state index < -0.39 is 0 Å². The molecule has 0 saturated carbocycles. The summed E-state index contributed by atoms with van der Waals surface area (Å²) in [6.07, 6.45) is 0.618. The Morgan fingerprint density at radius 2 is 2.36 bits per heavy atom. The molecule has 1 fully saturated rings. The molecule has 2 atom stereocenters. The van der Waals surface area contributed by atoms with Crippen molar-refractivity contribution < 1.29 is 4.74 Å². The normalized spacial score (nSPS) is 28.2. The van der Waals surface area contributed by atoms with Crippen LogP contribution >= 0.6 is 11.3 Å². The highest BCUT2D eigenvalue weighted by atomic mass is 32.1. The van der Waals surface area contributed by atoms with E-state index in [4.69, 9.17) is 4.74 Å². The van der Waals surface area contributed by atoms with E-state index in [9.17, 15) is 0 Å². The second-order valence-electron chi connectivity index (χ2n) is 4.08. The van der Waals surface area contributed by atoms with Crippen LogP contribution in [-0.2, 0) is 4.74 Å². The standard InChI is InChI=1S/C11H17NOS/c1-8(2)9-6-12-7-10(13-9)11-4-3-5-14-11/h3-5,8-10,12H,6-7H2,1-2H3. The first-order valence-electron chi connectivity index (χ1n) is 5.17. The van der Waals surface area contributed by atoms with Crippen molar-refractivity contribution in [2.24, 2.45) is 5.92 Å². The summed E-state index contributed by atoms with van der Waals surface area (Å²) < 4.78 is 6.04. The summed E-state index contributed by atoms with van der Waals surface area (Å²) in [5.74, 6) is 0.588. The summed E-state index contributed by atoms with van der Waals surface area (Å²) in [6.45, 7) is 6.36. The van der Waals surface area contributed by atoms with Gasteiger partial charge in [-0.05, 0) is 17.4 Å². The van der Waals surface area contributed by atoms with Gasteiger partial charge in [0, 0.05) is 18.0 Å². The average Bonchev–Trinajstić information content (AvgIpc) is 2.71. The van der Waals surface area contributed by atoms with Gasteiger partial charge in [-0.1, -0.05) is 19.9 Å². The van der Waals surface area contributed by atoms with Crippen LogP contribution in [0.4, 0.5) is 0 Å². The SMILES string of the molecule is CC(C)C1CNCC(c2cccs2)O1. The number of hydrogen-bond donors (Lipinski definition) is 1. The smallest absolute Gasteiger partial charge is 0.104 e. The fraction of sp³-hybridized carbons (Fsp3) is 0.636. The van der Waals surface area contributed by atoms with Gasteiger partial charge in [-0.15, -0.1) is 11.3 Å². The largest absolute Gasteiger partial charge is 0.367 e. The van der Waals surface area contributed by atoms with Gasteiger partial charge in [0.15, 0.2) is 0 Å². The lowest BCUT2D eigenvalue weighted by Crippen LogP contribution is -2.42. The van der Waals surface area contributed by atoms with Gasteiger partial charge in [0.1, 0.15) is 6.10 Å². The third-order valence-electron chi connectivity index (χ3n) is 2.62. The van der Waals surface area contributed by atoms with E-state index in [1.807, 2.05) is 0 Å². The minimum Gasteiger partial charge on any atom is -0.367 e. The molecule has 2 rings (SSSR count). The van der Waals surface area contributed by atoms with Crippen LogP contribution in [0.5, 0.6) is 0 Å². The molecule has 2 unspecified atom stereocenters. The van der Waals surface area contributed by atoms with Crippen LogP contribution in [-0.4, -0.2) is 19.2 Å². The minimum atomic E-state index is 0.260. The summed E-state index contributed by atoms with van der Waals surface area (Å²) in [5, 5.41) is 5.55. The second-order valence-corrected chi connectivity index (χ2v) is 5.06. The van der Waals surface area contributed by atoms with Crippen LogP contribution < -0.4 is 5.32 Å². The van der Waals surface area contributed by atoms with Gasteiger partial charge in [-0.3, -0.25) is 0 Å². The molecule has 0 aromatic carbocycles. The number of thiophene rings is 1. The first-order chi connectivity index (χ1) is 6.77. The Balaban J connectivity index is 2.01. The van der Waals surface area contributed by atoms with E-state index in [1.54, 1.807) is 11.3 Å². The van der Waals surface area contributed by atoms with Gasteiger partial charge in [-0.25, -0.2) is 0 Å². The van der Waals surface area contributed by atoms with E-state index >= 15 is 0 Å².